The number of anilines is 1. The van der Waals surface area contributed by atoms with Crippen LogP contribution in [-0.4, -0.2) is 41.9 Å². The van der Waals surface area contributed by atoms with Gasteiger partial charge in [-0.05, 0) is 55.3 Å². The number of benzene rings is 2. The number of halogens is 1. The molecule has 2 N–H and O–H groups in total. The molecule has 1 aliphatic rings. The average molecular weight is 427 g/mol. The van der Waals surface area contributed by atoms with Gasteiger partial charge in [0, 0.05) is 5.69 Å². The maximum absolute atomic E-state index is 13.3. The van der Waals surface area contributed by atoms with Crippen LogP contribution in [0.5, 0.6) is 0 Å². The van der Waals surface area contributed by atoms with Crippen molar-refractivity contribution in [1.29, 1.82) is 0 Å². The van der Waals surface area contributed by atoms with Crippen LogP contribution in [0.3, 0.4) is 0 Å². The number of hydrogen-bond acceptors (Lipinski definition) is 5. The highest BCUT2D eigenvalue weighted by Gasteiger charge is 2.51. The molecule has 9 heteroatoms. The Morgan fingerprint density at radius 3 is 2.29 bits per heavy atom. The summed E-state index contributed by atoms with van der Waals surface area (Å²) < 4.78 is 18.2. The van der Waals surface area contributed by atoms with Crippen LogP contribution >= 0.6 is 0 Å². The third kappa shape index (κ3) is 4.40. The molecule has 1 aliphatic heterocycles. The third-order valence-corrected chi connectivity index (χ3v) is 5.02. The second-order valence-electron chi connectivity index (χ2n) is 6.93. The fourth-order valence-corrected chi connectivity index (χ4v) is 3.39. The molecule has 31 heavy (non-hydrogen) atoms. The minimum atomic E-state index is -1.35. The lowest BCUT2D eigenvalue weighted by molar-refractivity contribution is -0.134. The first-order valence-electron chi connectivity index (χ1n) is 9.78. The smallest absolute Gasteiger partial charge is 0.338 e. The number of carbonyl (C=O) groups is 4. The Balaban J connectivity index is 1.70. The van der Waals surface area contributed by atoms with Crippen molar-refractivity contribution in [2.75, 3.05) is 18.5 Å². The van der Waals surface area contributed by atoms with Crippen LogP contribution in [0, 0.1) is 5.82 Å². The normalized spacial score (nSPS) is 18.0. The Labute approximate surface area is 178 Å². The third-order valence-electron chi connectivity index (χ3n) is 5.02. The summed E-state index contributed by atoms with van der Waals surface area (Å²) in [5, 5.41) is 5.22. The summed E-state index contributed by atoms with van der Waals surface area (Å²) >= 11 is 0. The van der Waals surface area contributed by atoms with Gasteiger partial charge in [-0.3, -0.25) is 14.5 Å². The first-order valence-corrected chi connectivity index (χ1v) is 9.78. The van der Waals surface area contributed by atoms with Crippen LogP contribution in [0.2, 0.25) is 0 Å². The molecule has 1 atom stereocenters. The predicted molar refractivity (Wildman–Crippen MR) is 110 cm³/mol. The molecule has 1 fully saturated rings. The molecule has 162 valence electrons. The molecular formula is C22H22FN3O5. The number of esters is 1. The fraction of sp³-hybridized carbons (Fsp3) is 0.273. The number of ether oxygens (including phenoxy) is 1. The first-order chi connectivity index (χ1) is 14.8. The molecule has 1 saturated heterocycles. The molecule has 0 radical (unpaired) electrons. The van der Waals surface area contributed by atoms with Crippen molar-refractivity contribution in [1.82, 2.24) is 10.2 Å². The van der Waals surface area contributed by atoms with E-state index in [1.54, 1.807) is 13.8 Å². The van der Waals surface area contributed by atoms with Crippen LogP contribution in [-0.2, 0) is 19.9 Å². The molecular weight excluding hydrogens is 405 g/mol. The number of nitrogens with one attached hydrogen (secondary N) is 2. The van der Waals surface area contributed by atoms with Gasteiger partial charge >= 0.3 is 12.0 Å². The van der Waals surface area contributed by atoms with E-state index in [0.29, 0.717) is 16.8 Å². The first kappa shape index (κ1) is 21.9. The minimum Gasteiger partial charge on any atom is -0.462 e. The van der Waals surface area contributed by atoms with E-state index in [-0.39, 0.29) is 13.0 Å². The largest absolute Gasteiger partial charge is 0.462 e. The minimum absolute atomic E-state index is 0.233. The van der Waals surface area contributed by atoms with Crippen molar-refractivity contribution in [3.63, 3.8) is 0 Å². The van der Waals surface area contributed by atoms with Crippen molar-refractivity contribution in [3.8, 4) is 0 Å². The number of amides is 4. The van der Waals surface area contributed by atoms with Gasteiger partial charge < -0.3 is 15.4 Å². The monoisotopic (exact) mass is 427 g/mol. The van der Waals surface area contributed by atoms with Crippen LogP contribution in [0.4, 0.5) is 14.9 Å². The Hall–Kier alpha value is -3.75. The van der Waals surface area contributed by atoms with Gasteiger partial charge in [0.1, 0.15) is 17.9 Å². The molecule has 1 heterocycles. The van der Waals surface area contributed by atoms with E-state index in [0.717, 1.165) is 4.90 Å². The Kier molecular flexibility index (Phi) is 6.33. The summed E-state index contributed by atoms with van der Waals surface area (Å²) in [4.78, 5) is 50.4. The van der Waals surface area contributed by atoms with E-state index in [4.69, 9.17) is 4.74 Å². The quantitative estimate of drug-likeness (QED) is 0.522. The van der Waals surface area contributed by atoms with Crippen molar-refractivity contribution >= 4 is 29.5 Å². The lowest BCUT2D eigenvalue weighted by Gasteiger charge is -2.25. The van der Waals surface area contributed by atoms with E-state index in [1.807, 2.05) is 0 Å². The summed E-state index contributed by atoms with van der Waals surface area (Å²) in [5.41, 5.74) is -0.189. The highest BCUT2D eigenvalue weighted by molar-refractivity contribution is 6.10. The molecule has 0 saturated carbocycles. The zero-order chi connectivity index (χ0) is 22.6. The summed E-state index contributed by atoms with van der Waals surface area (Å²) in [6.45, 7) is 3.18. The SMILES string of the molecule is CCOC(=O)c1ccc(NC(=O)CN2C(=O)NC(CC)(c3ccc(F)cc3)C2=O)cc1. The Bertz CT molecular complexity index is 1010. The summed E-state index contributed by atoms with van der Waals surface area (Å²) in [6, 6.07) is 10.6. The average Bonchev–Trinajstić information content (AvgIpc) is 3.00. The Morgan fingerprint density at radius 1 is 1.06 bits per heavy atom. The molecule has 2 aromatic rings. The van der Waals surface area contributed by atoms with Gasteiger partial charge in [0.2, 0.25) is 5.91 Å². The zero-order valence-electron chi connectivity index (χ0n) is 17.1. The summed E-state index contributed by atoms with van der Waals surface area (Å²) in [5.74, 6) is -2.11. The summed E-state index contributed by atoms with van der Waals surface area (Å²) in [7, 11) is 0. The molecule has 4 amide bonds. The van der Waals surface area contributed by atoms with Crippen LogP contribution in [0.25, 0.3) is 0 Å². The number of rotatable bonds is 7. The fourth-order valence-electron chi connectivity index (χ4n) is 3.39. The lowest BCUT2D eigenvalue weighted by Crippen LogP contribution is -2.44. The molecule has 3 rings (SSSR count). The van der Waals surface area contributed by atoms with Gasteiger partial charge in [0.15, 0.2) is 0 Å². The standard InChI is InChI=1S/C22H22FN3O5/c1-3-22(15-7-9-16(23)10-8-15)20(29)26(21(30)25-22)13-18(27)24-17-11-5-14(6-12-17)19(28)31-4-2/h5-12H,3-4,13H2,1-2H3,(H,24,27)(H,25,30). The number of urea groups is 1. The highest BCUT2D eigenvalue weighted by Crippen LogP contribution is 2.32. The van der Waals surface area contributed by atoms with Gasteiger partial charge in [-0.2, -0.15) is 0 Å². The molecule has 0 aromatic heterocycles. The molecule has 0 spiro atoms. The number of nitrogens with zero attached hydrogens (tertiary/aromatic N) is 1. The highest BCUT2D eigenvalue weighted by atomic mass is 19.1. The van der Waals surface area contributed by atoms with E-state index in [1.165, 1.54) is 48.5 Å². The lowest BCUT2D eigenvalue weighted by atomic mass is 9.87. The van der Waals surface area contributed by atoms with Crippen LogP contribution < -0.4 is 10.6 Å². The van der Waals surface area contributed by atoms with E-state index in [2.05, 4.69) is 10.6 Å². The number of hydrogen-bond donors (Lipinski definition) is 2. The second-order valence-corrected chi connectivity index (χ2v) is 6.93. The van der Waals surface area contributed by atoms with Crippen LogP contribution in [0.1, 0.15) is 36.2 Å². The van der Waals surface area contributed by atoms with Gasteiger partial charge in [-0.25, -0.2) is 14.0 Å². The Morgan fingerprint density at radius 2 is 1.71 bits per heavy atom. The molecule has 0 aliphatic carbocycles. The van der Waals surface area contributed by atoms with E-state index >= 15 is 0 Å². The van der Waals surface area contributed by atoms with E-state index < -0.39 is 41.7 Å². The topological polar surface area (TPSA) is 105 Å². The van der Waals surface area contributed by atoms with Gasteiger partial charge in [-0.15, -0.1) is 0 Å². The van der Waals surface area contributed by atoms with Crippen molar-refractivity contribution < 1.29 is 28.3 Å². The maximum atomic E-state index is 13.3. The van der Waals surface area contributed by atoms with E-state index in [9.17, 15) is 23.6 Å². The molecule has 2 aromatic carbocycles. The number of carbonyl (C=O) groups excluding carboxylic acids is 4. The van der Waals surface area contributed by atoms with Gasteiger partial charge in [-0.1, -0.05) is 19.1 Å². The van der Waals surface area contributed by atoms with Crippen molar-refractivity contribution in [3.05, 3.63) is 65.5 Å². The zero-order valence-corrected chi connectivity index (χ0v) is 17.1. The van der Waals surface area contributed by atoms with Gasteiger partial charge in [0.05, 0.1) is 12.2 Å². The van der Waals surface area contributed by atoms with Gasteiger partial charge in [0.25, 0.3) is 5.91 Å². The molecule has 0 bridgehead atoms. The molecule has 8 nitrogen and oxygen atoms in total. The van der Waals surface area contributed by atoms with Crippen molar-refractivity contribution in [2.45, 2.75) is 25.8 Å². The maximum Gasteiger partial charge on any atom is 0.338 e. The second kappa shape index (κ2) is 8.95. The molecule has 1 unspecified atom stereocenters. The van der Waals surface area contributed by atoms with Crippen molar-refractivity contribution in [2.24, 2.45) is 0 Å². The van der Waals surface area contributed by atoms with Crippen LogP contribution in [0.15, 0.2) is 48.5 Å². The summed E-state index contributed by atoms with van der Waals surface area (Å²) in [6.07, 6.45) is 0.233. The number of imide groups is 1. The predicted octanol–water partition coefficient (Wildman–Crippen LogP) is 2.80.